The van der Waals surface area contributed by atoms with E-state index in [2.05, 4.69) is 6.92 Å². The largest absolute Gasteiger partial charge is 0.490 e. The first kappa shape index (κ1) is 23.1. The average Bonchev–Trinajstić information content (AvgIpc) is 3.17. The Bertz CT molecular complexity index is 999. The molecule has 4 rings (SSSR count). The SMILES string of the molecule is CCCCOc1cccc2c1OCN(CCOC(c1ccccc1)N1C(=O)CSC1=O)C2=O. The molecule has 0 radical (unpaired) electrons. The molecule has 1 atom stereocenters. The number of hydrogen-bond acceptors (Lipinski definition) is 7. The van der Waals surface area contributed by atoms with Crippen molar-refractivity contribution in [1.29, 1.82) is 0 Å². The molecule has 0 aromatic heterocycles. The molecule has 9 heteroatoms. The molecule has 2 aromatic carbocycles. The summed E-state index contributed by atoms with van der Waals surface area (Å²) < 4.78 is 17.6. The van der Waals surface area contributed by atoms with Crippen LogP contribution in [0.3, 0.4) is 0 Å². The highest BCUT2D eigenvalue weighted by Crippen LogP contribution is 2.35. The third-order valence-electron chi connectivity index (χ3n) is 5.36. The molecule has 0 bridgehead atoms. The molecule has 174 valence electrons. The van der Waals surface area contributed by atoms with E-state index in [1.54, 1.807) is 30.3 Å². The minimum absolute atomic E-state index is 0.0662. The van der Waals surface area contributed by atoms with Gasteiger partial charge in [-0.15, -0.1) is 0 Å². The molecule has 1 fully saturated rings. The predicted molar refractivity (Wildman–Crippen MR) is 123 cm³/mol. The van der Waals surface area contributed by atoms with E-state index in [9.17, 15) is 14.4 Å². The van der Waals surface area contributed by atoms with Crippen LogP contribution in [0.4, 0.5) is 4.79 Å². The normalized spacial score (nSPS) is 16.6. The van der Waals surface area contributed by atoms with Gasteiger partial charge in [0.05, 0.1) is 24.5 Å². The topological polar surface area (TPSA) is 85.4 Å². The predicted octanol–water partition coefficient (Wildman–Crippen LogP) is 4.07. The molecule has 2 aliphatic rings. The zero-order chi connectivity index (χ0) is 23.2. The lowest BCUT2D eigenvalue weighted by Crippen LogP contribution is -2.42. The molecule has 0 saturated carbocycles. The molecule has 2 aromatic rings. The van der Waals surface area contributed by atoms with Gasteiger partial charge in [0.1, 0.15) is 0 Å². The Balaban J connectivity index is 1.42. The Hall–Kier alpha value is -3.04. The van der Waals surface area contributed by atoms with Crippen molar-refractivity contribution in [3.8, 4) is 11.5 Å². The molecule has 0 aliphatic carbocycles. The first-order chi connectivity index (χ1) is 16.1. The summed E-state index contributed by atoms with van der Waals surface area (Å²) in [4.78, 5) is 40.2. The van der Waals surface area contributed by atoms with Crippen molar-refractivity contribution in [2.45, 2.75) is 26.0 Å². The van der Waals surface area contributed by atoms with Crippen LogP contribution < -0.4 is 9.47 Å². The summed E-state index contributed by atoms with van der Waals surface area (Å²) in [7, 11) is 0. The van der Waals surface area contributed by atoms with Gasteiger partial charge >= 0.3 is 0 Å². The summed E-state index contributed by atoms with van der Waals surface area (Å²) in [5.74, 6) is 0.659. The van der Waals surface area contributed by atoms with Crippen LogP contribution in [0.25, 0.3) is 0 Å². The lowest BCUT2D eigenvalue weighted by molar-refractivity contribution is -0.136. The average molecular weight is 471 g/mol. The summed E-state index contributed by atoms with van der Waals surface area (Å²) >= 11 is 0.960. The Kier molecular flexibility index (Phi) is 7.51. The number of carbonyl (C=O) groups is 3. The van der Waals surface area contributed by atoms with E-state index >= 15 is 0 Å². The van der Waals surface area contributed by atoms with Crippen LogP contribution in [0.2, 0.25) is 0 Å². The smallest absolute Gasteiger partial charge is 0.291 e. The lowest BCUT2D eigenvalue weighted by atomic mass is 10.1. The van der Waals surface area contributed by atoms with Gasteiger partial charge in [0, 0.05) is 12.1 Å². The van der Waals surface area contributed by atoms with Crippen molar-refractivity contribution in [2.75, 3.05) is 32.2 Å². The number of amides is 3. The second-order valence-corrected chi connectivity index (χ2v) is 8.56. The van der Waals surface area contributed by atoms with Crippen molar-refractivity contribution >= 4 is 28.8 Å². The van der Waals surface area contributed by atoms with Crippen LogP contribution in [0.1, 0.15) is 41.9 Å². The fourth-order valence-electron chi connectivity index (χ4n) is 3.61. The fraction of sp³-hybridized carbons (Fsp3) is 0.375. The molecule has 1 unspecified atom stereocenters. The van der Waals surface area contributed by atoms with Crippen LogP contribution in [-0.2, 0) is 9.53 Å². The molecule has 8 nitrogen and oxygen atoms in total. The quantitative estimate of drug-likeness (QED) is 0.484. The molecular formula is C24H26N2O6S. The molecule has 33 heavy (non-hydrogen) atoms. The van der Waals surface area contributed by atoms with Crippen LogP contribution in [-0.4, -0.2) is 59.1 Å². The molecule has 0 N–H and O–H groups in total. The molecule has 0 spiro atoms. The Labute approximate surface area is 196 Å². The summed E-state index contributed by atoms with van der Waals surface area (Å²) in [5.41, 5.74) is 1.14. The van der Waals surface area contributed by atoms with Crippen molar-refractivity contribution in [3.05, 3.63) is 59.7 Å². The number of benzene rings is 2. The number of unbranched alkanes of at least 4 members (excludes halogenated alkanes) is 1. The number of rotatable bonds is 10. The molecule has 1 saturated heterocycles. The standard InChI is InChI=1S/C24H26N2O6S/c1-2-3-13-30-19-11-7-10-18-21(19)32-16-25(22(18)28)12-14-31-23(17-8-5-4-6-9-17)26-20(27)15-33-24(26)29/h4-11,23H,2-3,12-16H2,1H3. The molecule has 2 heterocycles. The van der Waals surface area contributed by atoms with E-state index in [0.29, 0.717) is 29.2 Å². The van der Waals surface area contributed by atoms with Gasteiger partial charge in [0.15, 0.2) is 24.5 Å². The van der Waals surface area contributed by atoms with E-state index in [1.165, 1.54) is 4.90 Å². The summed E-state index contributed by atoms with van der Waals surface area (Å²) in [6.07, 6.45) is 1.09. The number of thioether (sulfide) groups is 1. The summed E-state index contributed by atoms with van der Waals surface area (Å²) in [6, 6.07) is 14.4. The first-order valence-electron chi connectivity index (χ1n) is 10.9. The zero-order valence-corrected chi connectivity index (χ0v) is 19.2. The maximum absolute atomic E-state index is 13.0. The van der Waals surface area contributed by atoms with Gasteiger partial charge < -0.3 is 19.1 Å². The third-order valence-corrected chi connectivity index (χ3v) is 6.19. The van der Waals surface area contributed by atoms with Crippen LogP contribution in [0.15, 0.2) is 48.5 Å². The minimum atomic E-state index is -0.840. The van der Waals surface area contributed by atoms with Gasteiger partial charge in [-0.05, 0) is 18.6 Å². The highest BCUT2D eigenvalue weighted by Gasteiger charge is 2.37. The third kappa shape index (κ3) is 5.15. The lowest BCUT2D eigenvalue weighted by Gasteiger charge is -2.31. The first-order valence-corrected chi connectivity index (χ1v) is 11.9. The van der Waals surface area contributed by atoms with Crippen molar-refractivity contribution < 1.29 is 28.6 Å². The highest BCUT2D eigenvalue weighted by molar-refractivity contribution is 8.14. The zero-order valence-electron chi connectivity index (χ0n) is 18.4. The Morgan fingerprint density at radius 2 is 1.88 bits per heavy atom. The number of hydrogen-bond donors (Lipinski definition) is 0. The van der Waals surface area contributed by atoms with Gasteiger partial charge in [-0.1, -0.05) is 61.5 Å². The fourth-order valence-corrected chi connectivity index (χ4v) is 4.34. The van der Waals surface area contributed by atoms with E-state index in [0.717, 1.165) is 29.5 Å². The minimum Gasteiger partial charge on any atom is -0.490 e. The number of nitrogens with zero attached hydrogens (tertiary/aromatic N) is 2. The van der Waals surface area contributed by atoms with Gasteiger partial charge in [-0.3, -0.25) is 14.4 Å². The van der Waals surface area contributed by atoms with Crippen LogP contribution in [0, 0.1) is 0 Å². The second-order valence-electron chi connectivity index (χ2n) is 7.63. The van der Waals surface area contributed by atoms with E-state index < -0.39 is 6.23 Å². The number of para-hydroxylation sites is 1. The van der Waals surface area contributed by atoms with Crippen molar-refractivity contribution in [2.24, 2.45) is 0 Å². The van der Waals surface area contributed by atoms with Gasteiger partial charge in [0.2, 0.25) is 5.91 Å². The van der Waals surface area contributed by atoms with E-state index in [4.69, 9.17) is 14.2 Å². The van der Waals surface area contributed by atoms with Crippen LogP contribution >= 0.6 is 11.8 Å². The Morgan fingerprint density at radius 1 is 1.06 bits per heavy atom. The van der Waals surface area contributed by atoms with Crippen LogP contribution in [0.5, 0.6) is 11.5 Å². The number of carbonyl (C=O) groups excluding carboxylic acids is 3. The summed E-state index contributed by atoms with van der Waals surface area (Å²) in [5, 5.41) is -0.337. The number of fused-ring (bicyclic) bond motifs is 1. The summed E-state index contributed by atoms with van der Waals surface area (Å²) in [6.45, 7) is 3.08. The van der Waals surface area contributed by atoms with E-state index in [-0.39, 0.29) is 42.7 Å². The van der Waals surface area contributed by atoms with Gasteiger partial charge in [-0.2, -0.15) is 0 Å². The number of ether oxygens (including phenoxy) is 3. The molecule has 3 amide bonds. The maximum Gasteiger partial charge on any atom is 0.291 e. The highest BCUT2D eigenvalue weighted by atomic mass is 32.2. The maximum atomic E-state index is 13.0. The van der Waals surface area contributed by atoms with Gasteiger partial charge in [0.25, 0.3) is 11.1 Å². The van der Waals surface area contributed by atoms with Crippen molar-refractivity contribution in [3.63, 3.8) is 0 Å². The van der Waals surface area contributed by atoms with E-state index in [1.807, 2.05) is 18.2 Å². The molecular weight excluding hydrogens is 444 g/mol. The Morgan fingerprint density at radius 3 is 2.61 bits per heavy atom. The molecule has 2 aliphatic heterocycles. The van der Waals surface area contributed by atoms with Crippen molar-refractivity contribution in [1.82, 2.24) is 9.80 Å². The monoisotopic (exact) mass is 470 g/mol. The van der Waals surface area contributed by atoms with Gasteiger partial charge in [-0.25, -0.2) is 4.90 Å². The number of imide groups is 1. The second kappa shape index (κ2) is 10.7.